The smallest absolute Gasteiger partial charge is 0.306 e. The molecule has 0 bridgehead atoms. The quantitative estimate of drug-likeness (QED) is 0.491. The van der Waals surface area contributed by atoms with Gasteiger partial charge in [0, 0.05) is 0 Å². The summed E-state index contributed by atoms with van der Waals surface area (Å²) in [5.74, 6) is -0.745. The van der Waals surface area contributed by atoms with E-state index in [2.05, 4.69) is 6.92 Å². The van der Waals surface area contributed by atoms with Gasteiger partial charge in [-0.15, -0.1) is 0 Å². The number of carboxylic acids is 1. The normalized spacial score (nSPS) is 12.6. The van der Waals surface area contributed by atoms with E-state index < -0.39 is 5.97 Å². The first-order chi connectivity index (χ1) is 8.72. The highest BCUT2D eigenvalue weighted by Crippen LogP contribution is 2.18. The third-order valence-electron chi connectivity index (χ3n) is 3.51. The van der Waals surface area contributed by atoms with E-state index in [0.29, 0.717) is 0 Å². The number of nitrogens with two attached hydrogens (primary N) is 1. The molecule has 0 fully saturated rings. The van der Waals surface area contributed by atoms with Crippen LogP contribution in [0.4, 0.5) is 0 Å². The van der Waals surface area contributed by atoms with Gasteiger partial charge in [-0.3, -0.25) is 4.79 Å². The predicted molar refractivity (Wildman–Crippen MR) is 76.6 cm³/mol. The van der Waals surface area contributed by atoms with Crippen molar-refractivity contribution in [3.63, 3.8) is 0 Å². The maximum atomic E-state index is 11.1. The number of hydrogen-bond donors (Lipinski definition) is 2. The first kappa shape index (κ1) is 17.4. The van der Waals surface area contributed by atoms with Crippen LogP contribution in [0.3, 0.4) is 0 Å². The fourth-order valence-corrected chi connectivity index (χ4v) is 2.27. The fourth-order valence-electron chi connectivity index (χ4n) is 2.27. The Labute approximate surface area is 112 Å². The number of hydrogen-bond acceptors (Lipinski definition) is 2. The summed E-state index contributed by atoms with van der Waals surface area (Å²) in [6.07, 6.45) is 12.1. The van der Waals surface area contributed by atoms with Gasteiger partial charge in [0.05, 0.1) is 5.92 Å². The molecule has 0 saturated heterocycles. The zero-order valence-electron chi connectivity index (χ0n) is 12.0. The largest absolute Gasteiger partial charge is 0.481 e. The van der Waals surface area contributed by atoms with Crippen LogP contribution in [0.5, 0.6) is 0 Å². The average Bonchev–Trinajstić information content (AvgIpc) is 2.35. The van der Waals surface area contributed by atoms with Crippen molar-refractivity contribution in [3.05, 3.63) is 0 Å². The average molecular weight is 257 g/mol. The lowest BCUT2D eigenvalue weighted by Crippen LogP contribution is -2.13. The number of aliphatic carboxylic acids is 1. The Morgan fingerprint density at radius 1 is 0.944 bits per heavy atom. The van der Waals surface area contributed by atoms with Crippen molar-refractivity contribution >= 4 is 5.97 Å². The summed E-state index contributed by atoms with van der Waals surface area (Å²) in [4.78, 5) is 11.1. The second-order valence-electron chi connectivity index (χ2n) is 5.23. The van der Waals surface area contributed by atoms with Gasteiger partial charge in [-0.2, -0.15) is 0 Å². The van der Waals surface area contributed by atoms with Crippen LogP contribution in [0.2, 0.25) is 0 Å². The molecule has 0 aliphatic heterocycles. The van der Waals surface area contributed by atoms with Crippen LogP contribution in [0.25, 0.3) is 0 Å². The van der Waals surface area contributed by atoms with Gasteiger partial charge >= 0.3 is 5.97 Å². The highest BCUT2D eigenvalue weighted by molar-refractivity contribution is 5.69. The van der Waals surface area contributed by atoms with Crippen molar-refractivity contribution < 1.29 is 9.90 Å². The van der Waals surface area contributed by atoms with Gasteiger partial charge in [0.1, 0.15) is 0 Å². The zero-order valence-corrected chi connectivity index (χ0v) is 12.0. The van der Waals surface area contributed by atoms with E-state index in [4.69, 9.17) is 10.8 Å². The van der Waals surface area contributed by atoms with E-state index in [0.717, 1.165) is 45.1 Å². The van der Waals surface area contributed by atoms with Gasteiger partial charge < -0.3 is 10.8 Å². The molecule has 0 aromatic carbocycles. The van der Waals surface area contributed by atoms with Gasteiger partial charge in [-0.1, -0.05) is 58.3 Å². The minimum atomic E-state index is -0.615. The zero-order chi connectivity index (χ0) is 13.6. The van der Waals surface area contributed by atoms with Crippen LogP contribution >= 0.6 is 0 Å². The molecular weight excluding hydrogens is 226 g/mol. The highest BCUT2D eigenvalue weighted by Gasteiger charge is 2.15. The Balaban J connectivity index is 3.54. The van der Waals surface area contributed by atoms with Crippen molar-refractivity contribution in [1.82, 2.24) is 0 Å². The van der Waals surface area contributed by atoms with Crippen molar-refractivity contribution in [1.29, 1.82) is 0 Å². The highest BCUT2D eigenvalue weighted by atomic mass is 16.4. The number of carboxylic acid groups (broad SMARTS) is 1. The van der Waals surface area contributed by atoms with E-state index in [9.17, 15) is 4.79 Å². The molecule has 1 atom stereocenters. The molecule has 0 radical (unpaired) electrons. The molecule has 3 heteroatoms. The molecule has 0 heterocycles. The molecule has 0 aromatic heterocycles. The molecule has 0 amide bonds. The maximum Gasteiger partial charge on any atom is 0.306 e. The van der Waals surface area contributed by atoms with Crippen molar-refractivity contribution in [2.45, 2.75) is 77.6 Å². The van der Waals surface area contributed by atoms with Crippen molar-refractivity contribution in [3.8, 4) is 0 Å². The molecule has 0 aliphatic rings. The number of unbranched alkanes of at least 4 members (excludes halogenated alkanes) is 7. The molecular formula is C15H31NO2. The van der Waals surface area contributed by atoms with E-state index in [1.54, 1.807) is 0 Å². The fraction of sp³-hybridized carbons (Fsp3) is 0.933. The third-order valence-corrected chi connectivity index (χ3v) is 3.51. The van der Waals surface area contributed by atoms with Gasteiger partial charge in [0.2, 0.25) is 0 Å². The van der Waals surface area contributed by atoms with Crippen LogP contribution in [-0.2, 0) is 4.79 Å². The molecule has 18 heavy (non-hydrogen) atoms. The van der Waals surface area contributed by atoms with Crippen LogP contribution in [0.15, 0.2) is 0 Å². The standard InChI is InChI=1S/C15H31NO2/c1-2-3-4-5-6-8-11-14(15(17)18)12-9-7-10-13-16/h14H,2-13,16H2,1H3,(H,17,18). The van der Waals surface area contributed by atoms with Crippen LogP contribution in [0.1, 0.15) is 77.6 Å². The van der Waals surface area contributed by atoms with Crippen LogP contribution in [-0.4, -0.2) is 17.6 Å². The van der Waals surface area contributed by atoms with E-state index in [-0.39, 0.29) is 5.92 Å². The Hall–Kier alpha value is -0.570. The molecule has 0 aromatic rings. The number of rotatable bonds is 13. The Morgan fingerprint density at radius 3 is 1.94 bits per heavy atom. The summed E-state index contributed by atoms with van der Waals surface area (Å²) in [6.45, 7) is 2.93. The van der Waals surface area contributed by atoms with E-state index in [1.807, 2.05) is 0 Å². The first-order valence-corrected chi connectivity index (χ1v) is 7.65. The maximum absolute atomic E-state index is 11.1. The Morgan fingerprint density at radius 2 is 1.44 bits per heavy atom. The second kappa shape index (κ2) is 12.9. The Bertz CT molecular complexity index is 195. The Kier molecular flexibility index (Phi) is 12.5. The van der Waals surface area contributed by atoms with E-state index >= 15 is 0 Å². The molecule has 0 aliphatic carbocycles. The minimum absolute atomic E-state index is 0.131. The predicted octanol–water partition coefficient (Wildman–Crippen LogP) is 3.96. The summed E-state index contributed by atoms with van der Waals surface area (Å²) in [5.41, 5.74) is 5.43. The summed E-state index contributed by atoms with van der Waals surface area (Å²) in [5, 5.41) is 9.15. The summed E-state index contributed by atoms with van der Waals surface area (Å²) < 4.78 is 0. The minimum Gasteiger partial charge on any atom is -0.481 e. The summed E-state index contributed by atoms with van der Waals surface area (Å²) >= 11 is 0. The molecule has 3 N–H and O–H groups in total. The lowest BCUT2D eigenvalue weighted by Gasteiger charge is -2.11. The van der Waals surface area contributed by atoms with Crippen LogP contribution < -0.4 is 5.73 Å². The van der Waals surface area contributed by atoms with Crippen molar-refractivity contribution in [2.75, 3.05) is 6.54 Å². The second-order valence-corrected chi connectivity index (χ2v) is 5.23. The van der Waals surface area contributed by atoms with Gasteiger partial charge in [-0.25, -0.2) is 0 Å². The summed E-state index contributed by atoms with van der Waals surface area (Å²) in [6, 6.07) is 0. The lowest BCUT2D eigenvalue weighted by atomic mass is 9.94. The van der Waals surface area contributed by atoms with Crippen LogP contribution in [0, 0.1) is 5.92 Å². The van der Waals surface area contributed by atoms with Gasteiger partial charge in [-0.05, 0) is 25.8 Å². The molecule has 3 nitrogen and oxygen atoms in total. The first-order valence-electron chi connectivity index (χ1n) is 7.65. The van der Waals surface area contributed by atoms with E-state index in [1.165, 1.54) is 32.1 Å². The lowest BCUT2D eigenvalue weighted by molar-refractivity contribution is -0.142. The molecule has 108 valence electrons. The third kappa shape index (κ3) is 10.6. The number of carbonyl (C=O) groups is 1. The summed E-state index contributed by atoms with van der Waals surface area (Å²) in [7, 11) is 0. The monoisotopic (exact) mass is 257 g/mol. The van der Waals surface area contributed by atoms with Gasteiger partial charge in [0.25, 0.3) is 0 Å². The topological polar surface area (TPSA) is 63.3 Å². The van der Waals surface area contributed by atoms with Crippen molar-refractivity contribution in [2.24, 2.45) is 11.7 Å². The molecule has 0 rings (SSSR count). The molecule has 1 unspecified atom stereocenters. The SMILES string of the molecule is CCCCCCCCC(CCCCCN)C(=O)O. The molecule has 0 spiro atoms. The molecule has 0 saturated carbocycles. The van der Waals surface area contributed by atoms with Gasteiger partial charge in [0.15, 0.2) is 0 Å².